The number of rotatable bonds is 8. The summed E-state index contributed by atoms with van der Waals surface area (Å²) in [6.45, 7) is 3.56. The van der Waals surface area contributed by atoms with Crippen molar-refractivity contribution in [1.82, 2.24) is 4.98 Å². The van der Waals surface area contributed by atoms with Crippen LogP contribution in [-0.4, -0.2) is 48.0 Å². The summed E-state index contributed by atoms with van der Waals surface area (Å²) >= 11 is 0. The van der Waals surface area contributed by atoms with Gasteiger partial charge in [0.25, 0.3) is 0 Å². The summed E-state index contributed by atoms with van der Waals surface area (Å²) < 4.78 is 21.8. The van der Waals surface area contributed by atoms with Crippen molar-refractivity contribution in [3.05, 3.63) is 36.0 Å². The molecule has 0 aliphatic carbocycles. The second-order valence-corrected chi connectivity index (χ2v) is 7.07. The van der Waals surface area contributed by atoms with E-state index in [-0.39, 0.29) is 25.9 Å². The predicted molar refractivity (Wildman–Crippen MR) is 107 cm³/mol. The molecule has 0 amide bonds. The second kappa shape index (κ2) is 10.2. The summed E-state index contributed by atoms with van der Waals surface area (Å²) in [7, 11) is 0. The molecule has 0 saturated carbocycles. The maximum atomic E-state index is 12.5. The first kappa shape index (κ1) is 21.8. The molecule has 0 spiro atoms. The third kappa shape index (κ3) is 5.38. The zero-order chi connectivity index (χ0) is 21.5. The van der Waals surface area contributed by atoms with Crippen molar-refractivity contribution in [2.45, 2.75) is 64.4 Å². The quantitative estimate of drug-likeness (QED) is 0.520. The topological polar surface area (TPSA) is 104 Å². The average molecular weight is 417 g/mol. The molecule has 3 atom stereocenters. The molecule has 8 heteroatoms. The second-order valence-electron chi connectivity index (χ2n) is 7.07. The number of aryl methyl sites for hydroxylation is 1. The Bertz CT molecular complexity index is 890. The number of nitrogens with one attached hydrogen (secondary N) is 1. The molecule has 2 heterocycles. The van der Waals surface area contributed by atoms with Crippen molar-refractivity contribution in [2.24, 2.45) is 0 Å². The van der Waals surface area contributed by atoms with E-state index in [0.29, 0.717) is 12.8 Å². The number of hydrogen-bond acceptors (Lipinski definition) is 7. The Morgan fingerprint density at radius 3 is 2.53 bits per heavy atom. The number of aromatic amines is 1. The van der Waals surface area contributed by atoms with Gasteiger partial charge >= 0.3 is 17.9 Å². The Balaban J connectivity index is 1.63. The maximum absolute atomic E-state index is 12.5. The molecule has 1 fully saturated rings. The zero-order valence-electron chi connectivity index (χ0n) is 17.2. The molecule has 30 heavy (non-hydrogen) atoms. The van der Waals surface area contributed by atoms with Crippen molar-refractivity contribution in [3.63, 3.8) is 0 Å². The molecule has 162 valence electrons. The first-order valence-corrected chi connectivity index (χ1v) is 10.3. The van der Waals surface area contributed by atoms with Crippen molar-refractivity contribution in [2.75, 3.05) is 6.61 Å². The Hall–Kier alpha value is -2.87. The Morgan fingerprint density at radius 1 is 1.03 bits per heavy atom. The minimum atomic E-state index is -1.11. The van der Waals surface area contributed by atoms with E-state index >= 15 is 0 Å². The normalized spacial score (nSPS) is 21.2. The van der Waals surface area contributed by atoms with Gasteiger partial charge in [0.2, 0.25) is 12.4 Å². The summed E-state index contributed by atoms with van der Waals surface area (Å²) in [6.07, 6.45) is 0.384. The number of H-pyrrole nitrogens is 1. The average Bonchev–Trinajstić information content (AvgIpc) is 3.17. The number of fused-ring (bicyclic) bond motifs is 1. The fourth-order valence-electron chi connectivity index (χ4n) is 3.34. The number of aromatic nitrogens is 1. The van der Waals surface area contributed by atoms with E-state index in [2.05, 4.69) is 4.98 Å². The van der Waals surface area contributed by atoms with Crippen LogP contribution in [0.1, 0.15) is 45.1 Å². The molecular formula is C22H27NO7. The molecule has 8 nitrogen and oxygen atoms in total. The molecule has 0 bridgehead atoms. The summed E-state index contributed by atoms with van der Waals surface area (Å²) in [5.41, 5.74) is 2.01. The molecule has 1 aliphatic heterocycles. The smallest absolute Gasteiger partial charge is 0.308 e. The third-order valence-electron chi connectivity index (χ3n) is 4.97. The standard InChI is InChI=1S/C22H27NO7/c1-3-18(24)28-17-11-12-27-22(21(17)29-19(25)4-2)30-20(26)10-9-14-13-23-16-8-6-5-7-15(14)16/h5-8,13,17,21-23H,3-4,9-12H2,1-2H3/t17-,21?,22-/m0/s1. The Morgan fingerprint density at radius 2 is 1.77 bits per heavy atom. The molecular weight excluding hydrogens is 390 g/mol. The van der Waals surface area contributed by atoms with Gasteiger partial charge in [-0.15, -0.1) is 0 Å². The van der Waals surface area contributed by atoms with Crippen molar-refractivity contribution in [3.8, 4) is 0 Å². The Kier molecular flexibility index (Phi) is 7.46. The van der Waals surface area contributed by atoms with E-state index < -0.39 is 36.4 Å². The van der Waals surface area contributed by atoms with Crippen LogP contribution in [0.15, 0.2) is 30.5 Å². The highest BCUT2D eigenvalue weighted by atomic mass is 16.7. The van der Waals surface area contributed by atoms with Gasteiger partial charge in [-0.1, -0.05) is 32.0 Å². The van der Waals surface area contributed by atoms with Gasteiger partial charge in [0.15, 0.2) is 0 Å². The molecule has 1 N–H and O–H groups in total. The van der Waals surface area contributed by atoms with E-state index in [0.717, 1.165) is 16.5 Å². The fourth-order valence-corrected chi connectivity index (χ4v) is 3.34. The lowest BCUT2D eigenvalue weighted by Gasteiger charge is -2.36. The van der Waals surface area contributed by atoms with Gasteiger partial charge in [-0.25, -0.2) is 0 Å². The van der Waals surface area contributed by atoms with Gasteiger partial charge < -0.3 is 23.9 Å². The number of esters is 3. The largest absolute Gasteiger partial charge is 0.458 e. The highest BCUT2D eigenvalue weighted by molar-refractivity contribution is 5.83. The minimum absolute atomic E-state index is 0.134. The summed E-state index contributed by atoms with van der Waals surface area (Å²) in [6, 6.07) is 7.84. The van der Waals surface area contributed by atoms with Crippen molar-refractivity contribution < 1.29 is 33.3 Å². The molecule has 3 rings (SSSR count). The van der Waals surface area contributed by atoms with Crippen molar-refractivity contribution >= 4 is 28.8 Å². The number of carbonyl (C=O) groups excluding carboxylic acids is 3. The number of benzene rings is 1. The summed E-state index contributed by atoms with van der Waals surface area (Å²) in [5.74, 6) is -1.38. The van der Waals surface area contributed by atoms with Gasteiger partial charge in [-0.2, -0.15) is 0 Å². The van der Waals surface area contributed by atoms with Crippen LogP contribution in [0.25, 0.3) is 10.9 Å². The van der Waals surface area contributed by atoms with Crippen LogP contribution in [0.5, 0.6) is 0 Å². The van der Waals surface area contributed by atoms with E-state index in [1.807, 2.05) is 30.5 Å². The number of hydrogen-bond donors (Lipinski definition) is 1. The maximum Gasteiger partial charge on any atom is 0.308 e. The van der Waals surface area contributed by atoms with Crippen LogP contribution >= 0.6 is 0 Å². The molecule has 2 aromatic rings. The fraction of sp³-hybridized carbons (Fsp3) is 0.500. The van der Waals surface area contributed by atoms with Crippen LogP contribution in [0.2, 0.25) is 0 Å². The van der Waals surface area contributed by atoms with Crippen molar-refractivity contribution in [1.29, 1.82) is 0 Å². The predicted octanol–water partition coefficient (Wildman–Crippen LogP) is 3.03. The van der Waals surface area contributed by atoms with Crippen LogP contribution in [0.3, 0.4) is 0 Å². The molecule has 1 aromatic carbocycles. The van der Waals surface area contributed by atoms with E-state index in [4.69, 9.17) is 18.9 Å². The van der Waals surface area contributed by atoms with Gasteiger partial charge in [0, 0.05) is 42.8 Å². The third-order valence-corrected chi connectivity index (χ3v) is 4.97. The van der Waals surface area contributed by atoms with Crippen LogP contribution in [0, 0.1) is 0 Å². The highest BCUT2D eigenvalue weighted by Gasteiger charge is 2.42. The summed E-state index contributed by atoms with van der Waals surface area (Å²) in [4.78, 5) is 39.2. The molecule has 1 unspecified atom stereocenters. The van der Waals surface area contributed by atoms with E-state index in [1.165, 1.54) is 0 Å². The van der Waals surface area contributed by atoms with Crippen LogP contribution in [0.4, 0.5) is 0 Å². The van der Waals surface area contributed by atoms with Gasteiger partial charge in [-0.3, -0.25) is 14.4 Å². The summed E-state index contributed by atoms with van der Waals surface area (Å²) in [5, 5.41) is 1.06. The van der Waals surface area contributed by atoms with E-state index in [1.54, 1.807) is 13.8 Å². The molecule has 1 saturated heterocycles. The van der Waals surface area contributed by atoms with Crippen LogP contribution in [-0.2, 0) is 39.8 Å². The Labute approximate surface area is 174 Å². The number of ether oxygens (including phenoxy) is 4. The minimum Gasteiger partial charge on any atom is -0.458 e. The number of para-hydroxylation sites is 1. The lowest BCUT2D eigenvalue weighted by atomic mass is 10.1. The molecule has 0 radical (unpaired) electrons. The zero-order valence-corrected chi connectivity index (χ0v) is 17.2. The van der Waals surface area contributed by atoms with Gasteiger partial charge in [-0.05, 0) is 18.1 Å². The van der Waals surface area contributed by atoms with Gasteiger partial charge in [0.1, 0.15) is 6.10 Å². The lowest BCUT2D eigenvalue weighted by Crippen LogP contribution is -2.50. The molecule has 1 aromatic heterocycles. The SMILES string of the molecule is CCC(=O)OC1[C@H](OC(=O)CCc2c[nH]c3ccccc23)OCC[C@@H]1OC(=O)CC. The van der Waals surface area contributed by atoms with Crippen LogP contribution < -0.4 is 0 Å². The first-order valence-electron chi connectivity index (χ1n) is 10.3. The van der Waals surface area contributed by atoms with E-state index in [9.17, 15) is 14.4 Å². The number of carbonyl (C=O) groups is 3. The molecule has 1 aliphatic rings. The first-order chi connectivity index (χ1) is 14.5. The highest BCUT2D eigenvalue weighted by Crippen LogP contribution is 2.24. The monoisotopic (exact) mass is 417 g/mol. The van der Waals surface area contributed by atoms with Gasteiger partial charge in [0.05, 0.1) is 6.61 Å². The lowest BCUT2D eigenvalue weighted by molar-refractivity contribution is -0.250.